The van der Waals surface area contributed by atoms with Crippen LogP contribution in [0.1, 0.15) is 84.5 Å². The average molecular weight is 551 g/mol. The fourth-order valence-electron chi connectivity index (χ4n) is 6.96. The summed E-state index contributed by atoms with van der Waals surface area (Å²) < 4.78 is 16.8. The number of amides is 1. The number of methoxy groups -OCH3 is 2. The minimum atomic E-state index is -0.0185. The molecule has 1 aromatic carbocycles. The summed E-state index contributed by atoms with van der Waals surface area (Å²) in [7, 11) is 3.39. The van der Waals surface area contributed by atoms with Crippen LogP contribution in [0.15, 0.2) is 30.3 Å². The fourth-order valence-corrected chi connectivity index (χ4v) is 6.96. The van der Waals surface area contributed by atoms with Gasteiger partial charge >= 0.3 is 0 Å². The largest absolute Gasteiger partial charge is 0.480 e. The molecule has 1 N–H and O–H groups in total. The van der Waals surface area contributed by atoms with Gasteiger partial charge in [0, 0.05) is 44.5 Å². The van der Waals surface area contributed by atoms with Crippen LogP contribution >= 0.6 is 0 Å². The van der Waals surface area contributed by atoms with Crippen LogP contribution in [0, 0.1) is 12.8 Å². The average Bonchev–Trinajstić information content (AvgIpc) is 3.01. The number of aromatic nitrogens is 2. The maximum Gasteiger partial charge on any atom is 0.274 e. The van der Waals surface area contributed by atoms with E-state index in [-0.39, 0.29) is 12.0 Å². The van der Waals surface area contributed by atoms with Gasteiger partial charge in [0.25, 0.3) is 5.91 Å². The molecule has 3 aliphatic rings. The summed E-state index contributed by atoms with van der Waals surface area (Å²) in [6.07, 6.45) is 9.82. The lowest BCUT2D eigenvalue weighted by atomic mass is 9.76. The lowest BCUT2D eigenvalue weighted by Crippen LogP contribution is -2.54. The molecule has 218 valence electrons. The molecule has 4 atom stereocenters. The molecule has 5 rings (SSSR count). The van der Waals surface area contributed by atoms with Crippen LogP contribution in [0.3, 0.4) is 0 Å². The van der Waals surface area contributed by atoms with Crippen molar-refractivity contribution < 1.29 is 19.0 Å². The molecule has 8 nitrogen and oxygen atoms in total. The Balaban J connectivity index is 1.19. The van der Waals surface area contributed by atoms with Gasteiger partial charge < -0.3 is 24.4 Å². The predicted octanol–water partition coefficient (Wildman–Crippen LogP) is 4.70. The van der Waals surface area contributed by atoms with Crippen molar-refractivity contribution in [3.05, 3.63) is 52.7 Å². The molecule has 1 saturated carbocycles. The lowest BCUT2D eigenvalue weighted by molar-refractivity contribution is -0.0533. The number of carbonyl (C=O) groups excluding carboxylic acids is 1. The molecule has 0 spiro atoms. The highest BCUT2D eigenvalue weighted by Crippen LogP contribution is 2.38. The van der Waals surface area contributed by atoms with E-state index in [9.17, 15) is 4.79 Å². The van der Waals surface area contributed by atoms with E-state index in [4.69, 9.17) is 14.2 Å². The van der Waals surface area contributed by atoms with Gasteiger partial charge in [0.05, 0.1) is 19.8 Å². The summed E-state index contributed by atoms with van der Waals surface area (Å²) in [5, 5.41) is 12.5. The minimum Gasteiger partial charge on any atom is -0.480 e. The van der Waals surface area contributed by atoms with Crippen LogP contribution in [0.5, 0.6) is 5.88 Å². The maximum absolute atomic E-state index is 13.6. The predicted molar refractivity (Wildman–Crippen MR) is 155 cm³/mol. The highest BCUT2D eigenvalue weighted by molar-refractivity contribution is 5.94. The van der Waals surface area contributed by atoms with Crippen molar-refractivity contribution in [3.8, 4) is 5.88 Å². The Morgan fingerprint density at radius 1 is 1.07 bits per heavy atom. The number of hydrogen-bond acceptors (Lipinski definition) is 7. The van der Waals surface area contributed by atoms with Gasteiger partial charge in [0.1, 0.15) is 0 Å². The molecular weight excluding hydrogens is 504 g/mol. The van der Waals surface area contributed by atoms with Gasteiger partial charge in [0.2, 0.25) is 5.88 Å². The second-order valence-electron chi connectivity index (χ2n) is 11.8. The SMILES string of the molecule is COc1nnc(C(=O)N2CCC(N[C@H]3CCOC[C@H]3OC)CC2)c(C)c1CC[C@H]1CCC[C@@H](c2ccccc2)C1. The highest BCUT2D eigenvalue weighted by Gasteiger charge is 2.32. The smallest absolute Gasteiger partial charge is 0.274 e. The first-order chi connectivity index (χ1) is 19.6. The number of likely N-dealkylation sites (tertiary alicyclic amines) is 1. The van der Waals surface area contributed by atoms with Crippen molar-refractivity contribution in [3.63, 3.8) is 0 Å². The molecule has 8 heteroatoms. The molecule has 1 amide bonds. The van der Waals surface area contributed by atoms with Crippen LogP contribution in [0.4, 0.5) is 0 Å². The molecule has 1 aromatic heterocycles. The highest BCUT2D eigenvalue weighted by atomic mass is 16.5. The van der Waals surface area contributed by atoms with E-state index in [1.807, 2.05) is 11.8 Å². The summed E-state index contributed by atoms with van der Waals surface area (Å²) in [6.45, 7) is 4.84. The van der Waals surface area contributed by atoms with E-state index < -0.39 is 0 Å². The van der Waals surface area contributed by atoms with Crippen molar-refractivity contribution in [2.24, 2.45) is 5.92 Å². The quantitative estimate of drug-likeness (QED) is 0.484. The summed E-state index contributed by atoms with van der Waals surface area (Å²) in [4.78, 5) is 15.5. The molecule has 3 fully saturated rings. The van der Waals surface area contributed by atoms with Crippen molar-refractivity contribution in [1.29, 1.82) is 0 Å². The first-order valence-electron chi connectivity index (χ1n) is 15.2. The molecule has 3 heterocycles. The van der Waals surface area contributed by atoms with Crippen molar-refractivity contribution in [2.75, 3.05) is 40.5 Å². The van der Waals surface area contributed by atoms with E-state index in [1.165, 1.54) is 31.2 Å². The molecule has 1 aliphatic carbocycles. The Morgan fingerprint density at radius 2 is 1.88 bits per heavy atom. The number of carbonyl (C=O) groups is 1. The van der Waals surface area contributed by atoms with Crippen molar-refractivity contribution >= 4 is 5.91 Å². The molecule has 40 heavy (non-hydrogen) atoms. The molecule has 2 aromatic rings. The van der Waals surface area contributed by atoms with Crippen molar-refractivity contribution in [1.82, 2.24) is 20.4 Å². The number of nitrogens with zero attached hydrogens (tertiary/aromatic N) is 3. The van der Waals surface area contributed by atoms with Crippen LogP contribution in [0.2, 0.25) is 0 Å². The third-order valence-corrected chi connectivity index (χ3v) is 9.40. The van der Waals surface area contributed by atoms with Gasteiger partial charge in [-0.1, -0.05) is 43.2 Å². The standard InChI is InChI=1S/C32H46N4O4/c1-22-27(13-12-23-8-7-11-25(20-23)24-9-5-4-6-10-24)31(39-3)35-34-30(22)32(37)36-17-14-26(15-18-36)33-28-16-19-40-21-29(28)38-2/h4-6,9-10,23,25-26,28-29,33H,7-8,11-21H2,1-3H3/t23-,25-,28+,29-/m1/s1. The van der Waals surface area contributed by atoms with Gasteiger partial charge in [-0.3, -0.25) is 4.79 Å². The van der Waals surface area contributed by atoms with Gasteiger partial charge in [0.15, 0.2) is 5.69 Å². The lowest BCUT2D eigenvalue weighted by Gasteiger charge is -2.38. The Labute approximate surface area is 239 Å². The molecule has 0 unspecified atom stereocenters. The number of hydrogen-bond donors (Lipinski definition) is 1. The summed E-state index contributed by atoms with van der Waals surface area (Å²) in [5.74, 6) is 1.83. The molecular formula is C32H46N4O4. The maximum atomic E-state index is 13.6. The van der Waals surface area contributed by atoms with Crippen LogP contribution < -0.4 is 10.1 Å². The topological polar surface area (TPSA) is 85.8 Å². The third kappa shape index (κ3) is 6.84. The second-order valence-corrected chi connectivity index (χ2v) is 11.8. The van der Waals surface area contributed by atoms with Crippen molar-refractivity contribution in [2.45, 2.75) is 88.8 Å². The summed E-state index contributed by atoms with van der Waals surface area (Å²) in [5.41, 5.74) is 3.88. The van der Waals surface area contributed by atoms with E-state index in [1.54, 1.807) is 14.2 Å². The molecule has 2 saturated heterocycles. The van der Waals surface area contributed by atoms with Gasteiger partial charge in [-0.2, -0.15) is 0 Å². The number of nitrogens with one attached hydrogen (secondary N) is 1. The minimum absolute atomic E-state index is 0.0185. The van der Waals surface area contributed by atoms with E-state index in [0.29, 0.717) is 55.2 Å². The number of piperidine rings is 1. The van der Waals surface area contributed by atoms with Gasteiger partial charge in [-0.05, 0) is 74.8 Å². The third-order valence-electron chi connectivity index (χ3n) is 9.40. The number of ether oxygens (including phenoxy) is 3. The Bertz CT molecular complexity index is 1110. The first kappa shape index (κ1) is 29.0. The Morgan fingerprint density at radius 3 is 2.62 bits per heavy atom. The Hall–Kier alpha value is -2.55. The summed E-state index contributed by atoms with van der Waals surface area (Å²) >= 11 is 0. The number of rotatable bonds is 9. The molecule has 0 bridgehead atoms. The van der Waals surface area contributed by atoms with E-state index >= 15 is 0 Å². The number of benzene rings is 1. The zero-order valence-corrected chi connectivity index (χ0v) is 24.4. The van der Waals surface area contributed by atoms with E-state index in [2.05, 4.69) is 45.8 Å². The monoisotopic (exact) mass is 550 g/mol. The van der Waals surface area contributed by atoms with Crippen LogP contribution in [-0.4, -0.2) is 79.7 Å². The zero-order valence-electron chi connectivity index (χ0n) is 24.4. The van der Waals surface area contributed by atoms with Crippen LogP contribution in [0.25, 0.3) is 0 Å². The Kier molecular flexibility index (Phi) is 10.0. The van der Waals surface area contributed by atoms with Gasteiger partial charge in [-0.15, -0.1) is 10.2 Å². The first-order valence-corrected chi connectivity index (χ1v) is 15.2. The van der Waals surface area contributed by atoms with E-state index in [0.717, 1.165) is 49.8 Å². The normalized spacial score (nSPS) is 26.0. The fraction of sp³-hybridized carbons (Fsp3) is 0.656. The van der Waals surface area contributed by atoms with Crippen LogP contribution in [-0.2, 0) is 15.9 Å². The zero-order chi connectivity index (χ0) is 27.9. The second kappa shape index (κ2) is 13.9. The molecule has 2 aliphatic heterocycles. The van der Waals surface area contributed by atoms with Gasteiger partial charge in [-0.25, -0.2) is 0 Å². The summed E-state index contributed by atoms with van der Waals surface area (Å²) in [6, 6.07) is 11.6. The molecule has 0 radical (unpaired) electrons.